The molecule has 1 amide bonds. The molecule has 0 unspecified atom stereocenters. The average molecular weight is 571 g/mol. The third-order valence-electron chi connectivity index (χ3n) is 7.70. The van der Waals surface area contributed by atoms with E-state index >= 15 is 0 Å². The van der Waals surface area contributed by atoms with Crippen LogP contribution in [0, 0.1) is 0 Å². The van der Waals surface area contributed by atoms with Gasteiger partial charge in [-0.3, -0.25) is 4.79 Å². The molecule has 1 aliphatic rings. The Morgan fingerprint density at radius 2 is 1.63 bits per heavy atom. The number of rotatable bonds is 10. The number of β-amino-alcohol motifs (C(OH)–C–C–N with tert-alkyl or cyclic N) is 1. The van der Waals surface area contributed by atoms with E-state index < -0.39 is 6.10 Å². The van der Waals surface area contributed by atoms with Crippen LogP contribution < -0.4 is 4.74 Å². The lowest BCUT2D eigenvalue weighted by molar-refractivity contribution is -0.125. The van der Waals surface area contributed by atoms with Gasteiger partial charge in [0.1, 0.15) is 18.5 Å². The Hall–Kier alpha value is -3.64. The van der Waals surface area contributed by atoms with Gasteiger partial charge in [-0.2, -0.15) is 0 Å². The molecule has 214 valence electrons. The molecule has 5 rings (SSSR count). The van der Waals surface area contributed by atoms with Crippen molar-refractivity contribution in [2.75, 3.05) is 33.3 Å². The quantitative estimate of drug-likeness (QED) is 0.220. The zero-order valence-corrected chi connectivity index (χ0v) is 24.4. The molecule has 0 spiro atoms. The molecule has 0 bridgehead atoms. The average Bonchev–Trinajstić information content (AvgIpc) is 3.00. The number of likely N-dealkylation sites (tertiary alicyclic amines) is 1. The lowest BCUT2D eigenvalue weighted by Crippen LogP contribution is -2.40. The number of ether oxygens (including phenoxy) is 1. The van der Waals surface area contributed by atoms with E-state index in [1.807, 2.05) is 54.6 Å². The summed E-state index contributed by atoms with van der Waals surface area (Å²) in [7, 11) is 1.79. The fourth-order valence-corrected chi connectivity index (χ4v) is 5.42. The minimum absolute atomic E-state index is 0. The minimum Gasteiger partial charge on any atom is -0.490 e. The van der Waals surface area contributed by atoms with Crippen molar-refractivity contribution in [3.8, 4) is 5.75 Å². The van der Waals surface area contributed by atoms with Crippen molar-refractivity contribution in [2.24, 2.45) is 0 Å². The molecule has 1 fully saturated rings. The van der Waals surface area contributed by atoms with Crippen LogP contribution in [-0.4, -0.2) is 60.2 Å². The molecule has 1 heterocycles. The van der Waals surface area contributed by atoms with Gasteiger partial charge < -0.3 is 19.6 Å². The molecule has 41 heavy (non-hydrogen) atoms. The van der Waals surface area contributed by atoms with E-state index in [0.29, 0.717) is 24.8 Å². The van der Waals surface area contributed by atoms with Gasteiger partial charge in [-0.1, -0.05) is 91.0 Å². The Morgan fingerprint density at radius 1 is 0.951 bits per heavy atom. The predicted octanol–water partition coefficient (Wildman–Crippen LogP) is 6.55. The monoisotopic (exact) mass is 570 g/mol. The van der Waals surface area contributed by atoms with Crippen LogP contribution in [0.4, 0.5) is 0 Å². The van der Waals surface area contributed by atoms with E-state index in [1.54, 1.807) is 24.1 Å². The van der Waals surface area contributed by atoms with Gasteiger partial charge in [0.15, 0.2) is 0 Å². The minimum atomic E-state index is -0.590. The number of hydrogen-bond donors (Lipinski definition) is 1. The first kappa shape index (κ1) is 30.3. The molecule has 1 saturated heterocycles. The zero-order chi connectivity index (χ0) is 27.7. The second kappa shape index (κ2) is 14.8. The first-order chi connectivity index (χ1) is 19.5. The summed E-state index contributed by atoms with van der Waals surface area (Å²) in [6.07, 6.45) is 4.94. The lowest BCUT2D eigenvalue weighted by Gasteiger charge is -2.33. The summed E-state index contributed by atoms with van der Waals surface area (Å²) in [5, 5.41) is 13.3. The van der Waals surface area contributed by atoms with Crippen LogP contribution in [0.25, 0.3) is 16.8 Å². The van der Waals surface area contributed by atoms with Gasteiger partial charge in [0.05, 0.1) is 0 Å². The number of benzene rings is 4. The number of nitrogens with zero attached hydrogens (tertiary/aromatic N) is 2. The summed E-state index contributed by atoms with van der Waals surface area (Å²) < 4.78 is 6.01. The van der Waals surface area contributed by atoms with Crippen molar-refractivity contribution in [3.63, 3.8) is 0 Å². The highest BCUT2D eigenvalue weighted by Gasteiger charge is 2.22. The largest absolute Gasteiger partial charge is 0.490 e. The highest BCUT2D eigenvalue weighted by molar-refractivity contribution is 5.92. The first-order valence-corrected chi connectivity index (χ1v) is 14.1. The second-order valence-corrected chi connectivity index (χ2v) is 10.7. The highest BCUT2D eigenvalue weighted by atomic mass is 35.5. The van der Waals surface area contributed by atoms with Crippen molar-refractivity contribution in [3.05, 3.63) is 120 Å². The number of carbonyl (C=O) groups is 1. The van der Waals surface area contributed by atoms with Crippen LogP contribution in [-0.2, 0) is 11.3 Å². The topological polar surface area (TPSA) is 53.0 Å². The number of amides is 1. The van der Waals surface area contributed by atoms with Crippen LogP contribution >= 0.6 is 12.4 Å². The maximum absolute atomic E-state index is 12.6. The Balaban J connectivity index is 0.00000387. The van der Waals surface area contributed by atoms with Gasteiger partial charge >= 0.3 is 0 Å². The Kier molecular flexibility index (Phi) is 11.0. The normalized spacial score (nSPS) is 15.0. The number of hydrogen-bond acceptors (Lipinski definition) is 4. The molecular formula is C35H39ClN2O3. The standard InChI is InChI=1S/C35H38N2O3.ClH/c1-36(24-27-9-3-2-4-10-27)35(39)18-17-30-12-7-8-14-34(30)40-26-33(38)25-37-21-19-29(20-22-37)32-16-15-28-11-5-6-13-31(28)23-32;/h2-18,23,29,33,38H,19-22,24-26H2,1H3;1H/t33-;/m0./s1. The van der Waals surface area contributed by atoms with Gasteiger partial charge in [-0.05, 0) is 65.9 Å². The Bertz CT molecular complexity index is 1430. The molecule has 0 aliphatic carbocycles. The first-order valence-electron chi connectivity index (χ1n) is 14.1. The number of halogens is 1. The Morgan fingerprint density at radius 3 is 2.41 bits per heavy atom. The van der Waals surface area contributed by atoms with Crippen molar-refractivity contribution < 1.29 is 14.6 Å². The molecule has 0 saturated carbocycles. The van der Waals surface area contributed by atoms with E-state index in [1.165, 1.54) is 16.3 Å². The van der Waals surface area contributed by atoms with Crippen LogP contribution in [0.2, 0.25) is 0 Å². The van der Waals surface area contributed by atoms with Crippen molar-refractivity contribution in [1.82, 2.24) is 9.80 Å². The number of aliphatic hydroxyl groups is 1. The van der Waals surface area contributed by atoms with Gasteiger partial charge in [0.25, 0.3) is 0 Å². The maximum Gasteiger partial charge on any atom is 0.246 e. The summed E-state index contributed by atoms with van der Waals surface area (Å²) in [5.41, 5.74) is 3.31. The molecular weight excluding hydrogens is 532 g/mol. The number of piperidine rings is 1. The van der Waals surface area contributed by atoms with Crippen molar-refractivity contribution >= 4 is 35.2 Å². The number of likely N-dealkylation sites (N-methyl/N-ethyl adjacent to an activating group) is 1. The van der Waals surface area contributed by atoms with E-state index in [-0.39, 0.29) is 24.9 Å². The smallest absolute Gasteiger partial charge is 0.246 e. The van der Waals surface area contributed by atoms with Crippen LogP contribution in [0.3, 0.4) is 0 Å². The molecule has 1 atom stereocenters. The number of para-hydroxylation sites is 1. The molecule has 6 heteroatoms. The third kappa shape index (κ3) is 8.43. The fourth-order valence-electron chi connectivity index (χ4n) is 5.42. The summed E-state index contributed by atoms with van der Waals surface area (Å²) in [4.78, 5) is 16.7. The molecule has 4 aromatic rings. The fraction of sp³-hybridized carbons (Fsp3) is 0.286. The predicted molar refractivity (Wildman–Crippen MR) is 170 cm³/mol. The van der Waals surface area contributed by atoms with Crippen LogP contribution in [0.1, 0.15) is 35.4 Å². The molecule has 4 aromatic carbocycles. The van der Waals surface area contributed by atoms with Crippen molar-refractivity contribution in [1.29, 1.82) is 0 Å². The third-order valence-corrected chi connectivity index (χ3v) is 7.70. The maximum atomic E-state index is 12.6. The number of carbonyl (C=O) groups excluding carboxylic acids is 1. The van der Waals surface area contributed by atoms with E-state index in [0.717, 1.165) is 37.1 Å². The zero-order valence-electron chi connectivity index (χ0n) is 23.6. The van der Waals surface area contributed by atoms with Gasteiger partial charge in [0, 0.05) is 31.8 Å². The SMILES string of the molecule is CN(Cc1ccccc1)C(=O)C=Cc1ccccc1OC[C@@H](O)CN1CCC(c2ccc3ccccc3c2)CC1.Cl. The Labute approximate surface area is 249 Å². The van der Waals surface area contributed by atoms with E-state index in [2.05, 4.69) is 47.4 Å². The highest BCUT2D eigenvalue weighted by Crippen LogP contribution is 2.30. The van der Waals surface area contributed by atoms with Gasteiger partial charge in [0.2, 0.25) is 5.91 Å². The summed E-state index contributed by atoms with van der Waals surface area (Å²) >= 11 is 0. The lowest BCUT2D eigenvalue weighted by atomic mass is 9.88. The molecule has 0 radical (unpaired) electrons. The molecule has 0 aromatic heterocycles. The summed E-state index contributed by atoms with van der Waals surface area (Å²) in [6.45, 7) is 3.27. The molecule has 5 nitrogen and oxygen atoms in total. The summed E-state index contributed by atoms with van der Waals surface area (Å²) in [6, 6.07) is 32.9. The number of aliphatic hydroxyl groups excluding tert-OH is 1. The van der Waals surface area contributed by atoms with Crippen LogP contribution in [0.15, 0.2) is 103 Å². The second-order valence-electron chi connectivity index (χ2n) is 10.7. The van der Waals surface area contributed by atoms with Crippen LogP contribution in [0.5, 0.6) is 5.75 Å². The van der Waals surface area contributed by atoms with Gasteiger partial charge in [-0.15, -0.1) is 12.4 Å². The van der Waals surface area contributed by atoms with E-state index in [4.69, 9.17) is 4.74 Å². The number of fused-ring (bicyclic) bond motifs is 1. The summed E-state index contributed by atoms with van der Waals surface area (Å²) in [5.74, 6) is 1.14. The molecule has 1 N–H and O–H groups in total. The van der Waals surface area contributed by atoms with Gasteiger partial charge in [-0.25, -0.2) is 0 Å². The van der Waals surface area contributed by atoms with Crippen molar-refractivity contribution in [2.45, 2.75) is 31.4 Å². The van der Waals surface area contributed by atoms with E-state index in [9.17, 15) is 9.90 Å². The molecule has 1 aliphatic heterocycles.